The summed E-state index contributed by atoms with van der Waals surface area (Å²) in [5.74, 6) is 0.0414. The summed E-state index contributed by atoms with van der Waals surface area (Å²) < 4.78 is 11.1. The van der Waals surface area contributed by atoms with Gasteiger partial charge in [-0.1, -0.05) is 45.3 Å². The summed E-state index contributed by atoms with van der Waals surface area (Å²) in [5.41, 5.74) is 2.17. The maximum atomic E-state index is 12.3. The van der Waals surface area contributed by atoms with E-state index >= 15 is 0 Å². The predicted molar refractivity (Wildman–Crippen MR) is 102 cm³/mol. The Kier molecular flexibility index (Phi) is 6.44. The number of hydrogen-bond acceptors (Lipinski definition) is 4. The summed E-state index contributed by atoms with van der Waals surface area (Å²) in [6, 6.07) is 9.98. The molecule has 1 aliphatic carbocycles. The first kappa shape index (κ1) is 18.8. The van der Waals surface area contributed by atoms with E-state index in [0.717, 1.165) is 17.6 Å². The number of carbonyl (C=O) groups is 2. The van der Waals surface area contributed by atoms with Crippen LogP contribution in [0.25, 0.3) is 0 Å². The zero-order valence-corrected chi connectivity index (χ0v) is 16.0. The lowest BCUT2D eigenvalue weighted by Gasteiger charge is -2.18. The number of ketones is 1. The molecular formula is C18H21BO4P2. The lowest BCUT2D eigenvalue weighted by atomic mass is 9.96. The fourth-order valence-corrected chi connectivity index (χ4v) is 4.48. The van der Waals surface area contributed by atoms with Crippen LogP contribution in [0.15, 0.2) is 42.0 Å². The second-order valence-electron chi connectivity index (χ2n) is 6.46. The number of benzene rings is 1. The van der Waals surface area contributed by atoms with E-state index in [1.165, 1.54) is 0 Å². The van der Waals surface area contributed by atoms with E-state index in [1.54, 1.807) is 0 Å². The molecule has 0 amide bonds. The average Bonchev–Trinajstić information content (AvgIpc) is 3.07. The first-order valence-corrected chi connectivity index (χ1v) is 11.4. The van der Waals surface area contributed by atoms with E-state index in [2.05, 4.69) is 8.93 Å². The van der Waals surface area contributed by atoms with Crippen molar-refractivity contribution in [3.63, 3.8) is 0 Å². The highest BCUT2D eigenvalue weighted by Crippen LogP contribution is 2.49. The van der Waals surface area contributed by atoms with Gasteiger partial charge in [0, 0.05) is 25.2 Å². The van der Waals surface area contributed by atoms with E-state index < -0.39 is 7.72 Å². The lowest BCUT2D eigenvalue weighted by molar-refractivity contribution is -0.141. The Labute approximate surface area is 153 Å². The first-order chi connectivity index (χ1) is 12.0. The maximum Gasteiger partial charge on any atom is 0.306 e. The fraction of sp³-hybridized carbons (Fsp3) is 0.444. The van der Waals surface area contributed by atoms with Crippen LogP contribution in [0.3, 0.4) is 0 Å². The smallest absolute Gasteiger partial charge is 0.306 e. The van der Waals surface area contributed by atoms with E-state index in [0.29, 0.717) is 25.7 Å². The highest BCUT2D eigenvalue weighted by molar-refractivity contribution is 8.23. The molecule has 3 rings (SSSR count). The van der Waals surface area contributed by atoms with E-state index in [1.807, 2.05) is 36.4 Å². The number of esters is 1. The summed E-state index contributed by atoms with van der Waals surface area (Å²) in [7, 11) is 7.17. The minimum atomic E-state index is -1.08. The van der Waals surface area contributed by atoms with Crippen molar-refractivity contribution in [3.05, 3.63) is 47.5 Å². The molecule has 0 aromatic heterocycles. The van der Waals surface area contributed by atoms with Gasteiger partial charge >= 0.3 is 5.97 Å². The lowest BCUT2D eigenvalue weighted by Crippen LogP contribution is -2.12. The summed E-state index contributed by atoms with van der Waals surface area (Å²) in [6.07, 6.45) is 4.26. The summed E-state index contributed by atoms with van der Waals surface area (Å²) in [4.78, 5) is 23.8. The molecule has 0 N–H and O–H groups in total. The van der Waals surface area contributed by atoms with Gasteiger partial charge in [0.15, 0.2) is 7.57 Å². The first-order valence-electron chi connectivity index (χ1n) is 8.44. The number of allylic oxidation sites excluding steroid dienone is 1. The third kappa shape index (κ3) is 5.00. The van der Waals surface area contributed by atoms with Gasteiger partial charge in [0.05, 0.1) is 12.5 Å². The van der Waals surface area contributed by atoms with Crippen molar-refractivity contribution in [1.29, 1.82) is 0 Å². The Morgan fingerprint density at radius 2 is 2.16 bits per heavy atom. The molecule has 4 nitrogen and oxygen atoms in total. The van der Waals surface area contributed by atoms with Gasteiger partial charge in [0.1, 0.15) is 11.9 Å². The zero-order valence-electron chi connectivity index (χ0n) is 14.0. The Balaban J connectivity index is 1.60. The van der Waals surface area contributed by atoms with Crippen LogP contribution in [0.2, 0.25) is 0 Å². The largest absolute Gasteiger partial charge is 0.462 e. The van der Waals surface area contributed by atoms with Gasteiger partial charge in [-0.25, -0.2) is 0 Å². The van der Waals surface area contributed by atoms with Gasteiger partial charge in [0.25, 0.3) is 0 Å². The van der Waals surface area contributed by atoms with Crippen molar-refractivity contribution < 1.29 is 18.8 Å². The van der Waals surface area contributed by atoms with Crippen LogP contribution in [-0.2, 0) is 25.3 Å². The normalized spacial score (nSPS) is 28.0. The van der Waals surface area contributed by atoms with E-state index in [-0.39, 0.29) is 29.9 Å². The fourth-order valence-electron chi connectivity index (χ4n) is 3.54. The molecule has 0 spiro atoms. The quantitative estimate of drug-likeness (QED) is 0.317. The van der Waals surface area contributed by atoms with Gasteiger partial charge in [-0.3, -0.25) is 9.59 Å². The molecule has 1 saturated heterocycles. The van der Waals surface area contributed by atoms with Crippen LogP contribution in [0, 0.1) is 5.92 Å². The molecule has 0 bridgehead atoms. The van der Waals surface area contributed by atoms with Crippen LogP contribution in [0.4, 0.5) is 0 Å². The number of aryl methyl sites for hydroxylation is 1. The number of ether oxygens (including phenoxy) is 1. The van der Waals surface area contributed by atoms with Crippen molar-refractivity contribution in [2.45, 2.75) is 44.3 Å². The molecule has 2 radical (unpaired) electrons. The molecule has 1 saturated carbocycles. The highest BCUT2D eigenvalue weighted by atomic mass is 32.0. The third-order valence-corrected chi connectivity index (χ3v) is 5.58. The predicted octanol–water partition coefficient (Wildman–Crippen LogP) is 3.50. The standard InChI is InChI=1S/C18H21BO4P2/c19-25(24)23-17-11-16-15(10-18(21)22-16)14(17)9-8-13(20)7-6-12-4-2-1-3-5-12/h1-5,9,15-17H,6-8,10-11,24H2/t15-,16?,17-,25?/m1/s1. The van der Waals surface area contributed by atoms with E-state index in [4.69, 9.17) is 16.8 Å². The molecule has 25 heavy (non-hydrogen) atoms. The Hall–Kier alpha value is -1.02. The van der Waals surface area contributed by atoms with Crippen molar-refractivity contribution in [1.82, 2.24) is 0 Å². The number of hydrogen-bond donors (Lipinski definition) is 0. The van der Waals surface area contributed by atoms with E-state index in [9.17, 15) is 9.59 Å². The van der Waals surface area contributed by atoms with Gasteiger partial charge < -0.3 is 9.26 Å². The maximum absolute atomic E-state index is 12.3. The molecule has 2 aliphatic rings. The van der Waals surface area contributed by atoms with Crippen molar-refractivity contribution in [2.24, 2.45) is 5.92 Å². The SMILES string of the molecule is [B]P(P)O[C@@H]1CC2OC(=O)C[C@@H]2C1=CCC(=O)CCc1ccccc1. The number of Topliss-reactive ketones (excluding diaryl/α,β-unsaturated/α-hetero) is 1. The van der Waals surface area contributed by atoms with Crippen LogP contribution in [0.1, 0.15) is 31.2 Å². The molecular weight excluding hydrogens is 353 g/mol. The number of carbonyl (C=O) groups excluding carboxylic acids is 2. The molecule has 1 heterocycles. The molecule has 1 aromatic carbocycles. The monoisotopic (exact) mass is 374 g/mol. The molecule has 3 unspecified atom stereocenters. The molecule has 130 valence electrons. The van der Waals surface area contributed by atoms with Crippen molar-refractivity contribution in [2.75, 3.05) is 0 Å². The second-order valence-corrected chi connectivity index (χ2v) is 8.92. The Bertz CT molecular complexity index is 662. The highest BCUT2D eigenvalue weighted by Gasteiger charge is 2.47. The third-order valence-electron chi connectivity index (χ3n) is 4.71. The Morgan fingerprint density at radius 3 is 2.88 bits per heavy atom. The topological polar surface area (TPSA) is 52.6 Å². The Morgan fingerprint density at radius 1 is 1.40 bits per heavy atom. The van der Waals surface area contributed by atoms with Crippen LogP contribution in [0.5, 0.6) is 0 Å². The second kappa shape index (κ2) is 8.58. The summed E-state index contributed by atoms with van der Waals surface area (Å²) >= 11 is 0. The van der Waals surface area contributed by atoms with Crippen molar-refractivity contribution >= 4 is 36.0 Å². The van der Waals surface area contributed by atoms with Crippen molar-refractivity contribution in [3.8, 4) is 0 Å². The minimum absolute atomic E-state index is 0.0272. The van der Waals surface area contributed by atoms with Crippen LogP contribution in [-0.4, -0.2) is 31.5 Å². The molecule has 2 fully saturated rings. The van der Waals surface area contributed by atoms with Crippen LogP contribution < -0.4 is 0 Å². The molecule has 7 heteroatoms. The molecule has 5 atom stereocenters. The van der Waals surface area contributed by atoms with Gasteiger partial charge in [-0.15, -0.1) is 0 Å². The van der Waals surface area contributed by atoms with Gasteiger partial charge in [0.2, 0.25) is 0 Å². The number of fused-ring (bicyclic) bond motifs is 1. The van der Waals surface area contributed by atoms with Gasteiger partial charge in [-0.2, -0.15) is 0 Å². The number of rotatable bonds is 7. The summed E-state index contributed by atoms with van der Waals surface area (Å²) in [6.45, 7) is 0. The minimum Gasteiger partial charge on any atom is -0.462 e. The van der Waals surface area contributed by atoms with Gasteiger partial charge in [-0.05, 0) is 25.3 Å². The van der Waals surface area contributed by atoms with Crippen LogP contribution >= 0.6 is 16.6 Å². The zero-order chi connectivity index (χ0) is 17.8. The molecule has 1 aromatic rings. The molecule has 1 aliphatic heterocycles. The summed E-state index contributed by atoms with van der Waals surface area (Å²) in [5, 5.41) is 0. The average molecular weight is 374 g/mol.